The van der Waals surface area contributed by atoms with Gasteiger partial charge in [0, 0.05) is 6.54 Å². The van der Waals surface area contributed by atoms with Gasteiger partial charge in [-0.2, -0.15) is 8.42 Å². The Labute approximate surface area is 87.6 Å². The van der Waals surface area contributed by atoms with Crippen molar-refractivity contribution in [1.29, 1.82) is 0 Å². The molecular formula is C8H10ClNO3S. The van der Waals surface area contributed by atoms with Crippen LogP contribution in [0.4, 0.5) is 5.69 Å². The Hall–Kier alpha value is -0.780. The van der Waals surface area contributed by atoms with E-state index in [4.69, 9.17) is 16.2 Å². The summed E-state index contributed by atoms with van der Waals surface area (Å²) < 4.78 is 29.2. The fraction of sp³-hybridized carbons (Fsp3) is 0.250. The van der Waals surface area contributed by atoms with E-state index >= 15 is 0 Å². The van der Waals surface area contributed by atoms with Crippen LogP contribution in [0.25, 0.3) is 0 Å². The van der Waals surface area contributed by atoms with Crippen LogP contribution in [0.2, 0.25) is 5.02 Å². The van der Waals surface area contributed by atoms with Gasteiger partial charge in [-0.05, 0) is 12.1 Å². The van der Waals surface area contributed by atoms with Crippen molar-refractivity contribution in [2.75, 3.05) is 17.6 Å². The van der Waals surface area contributed by atoms with Gasteiger partial charge in [0.05, 0.1) is 16.5 Å². The summed E-state index contributed by atoms with van der Waals surface area (Å²) in [6, 6.07) is 6.97. The van der Waals surface area contributed by atoms with E-state index in [1.54, 1.807) is 24.3 Å². The fourth-order valence-corrected chi connectivity index (χ4v) is 1.48. The molecule has 0 radical (unpaired) electrons. The average molecular weight is 236 g/mol. The van der Waals surface area contributed by atoms with Crippen LogP contribution in [0.1, 0.15) is 0 Å². The molecule has 0 aliphatic carbocycles. The van der Waals surface area contributed by atoms with Crippen molar-refractivity contribution in [3.63, 3.8) is 0 Å². The smallest absolute Gasteiger partial charge is 0.266 e. The molecule has 78 valence electrons. The summed E-state index contributed by atoms with van der Waals surface area (Å²) in [5.74, 6) is -0.335. The molecule has 4 nitrogen and oxygen atoms in total. The number of hydrogen-bond acceptors (Lipinski definition) is 3. The zero-order valence-corrected chi connectivity index (χ0v) is 8.85. The number of para-hydroxylation sites is 1. The van der Waals surface area contributed by atoms with Crippen LogP contribution in [0.5, 0.6) is 0 Å². The second-order valence-corrected chi connectivity index (χ2v) is 4.67. The summed E-state index contributed by atoms with van der Waals surface area (Å²) in [6.07, 6.45) is 0. The third-order valence-corrected chi connectivity index (χ3v) is 2.60. The van der Waals surface area contributed by atoms with Gasteiger partial charge >= 0.3 is 0 Å². The lowest BCUT2D eigenvalue weighted by Gasteiger charge is -2.06. The van der Waals surface area contributed by atoms with Gasteiger partial charge in [0.2, 0.25) is 0 Å². The predicted octanol–water partition coefficient (Wildman–Crippen LogP) is 1.64. The van der Waals surface area contributed by atoms with Crippen molar-refractivity contribution >= 4 is 27.4 Å². The summed E-state index contributed by atoms with van der Waals surface area (Å²) >= 11 is 5.80. The molecule has 0 aliphatic rings. The van der Waals surface area contributed by atoms with Gasteiger partial charge in [-0.15, -0.1) is 0 Å². The lowest BCUT2D eigenvalue weighted by molar-refractivity contribution is 0.484. The molecule has 0 atom stereocenters. The minimum Gasteiger partial charge on any atom is -0.383 e. The van der Waals surface area contributed by atoms with Crippen LogP contribution in [0, 0.1) is 0 Å². The van der Waals surface area contributed by atoms with Gasteiger partial charge in [-0.25, -0.2) is 0 Å². The average Bonchev–Trinajstić information content (AvgIpc) is 2.06. The Morgan fingerprint density at radius 2 is 2.00 bits per heavy atom. The highest BCUT2D eigenvalue weighted by Gasteiger charge is 2.04. The molecule has 0 heterocycles. The summed E-state index contributed by atoms with van der Waals surface area (Å²) in [4.78, 5) is 0. The first kappa shape index (κ1) is 11.3. The molecule has 0 aromatic heterocycles. The van der Waals surface area contributed by atoms with Crippen molar-refractivity contribution in [2.45, 2.75) is 0 Å². The highest BCUT2D eigenvalue weighted by Crippen LogP contribution is 2.19. The van der Waals surface area contributed by atoms with Crippen LogP contribution in [0.15, 0.2) is 24.3 Å². The second kappa shape index (κ2) is 4.63. The Kier molecular flexibility index (Phi) is 3.74. The number of anilines is 1. The van der Waals surface area contributed by atoms with Crippen molar-refractivity contribution in [3.05, 3.63) is 29.3 Å². The first-order valence-corrected chi connectivity index (χ1v) is 5.91. The molecule has 1 aromatic rings. The Morgan fingerprint density at radius 1 is 1.36 bits per heavy atom. The Morgan fingerprint density at radius 3 is 2.57 bits per heavy atom. The molecule has 1 rings (SSSR count). The standard InChI is InChI=1S/C8H10ClNO3S/c9-7-3-1-2-4-8(7)10-5-6-14(11,12)13/h1-4,10H,5-6H2,(H,11,12,13). The number of benzene rings is 1. The van der Waals surface area contributed by atoms with Gasteiger partial charge in [0.1, 0.15) is 0 Å². The lowest BCUT2D eigenvalue weighted by atomic mass is 10.3. The molecule has 0 fully saturated rings. The van der Waals surface area contributed by atoms with Crippen molar-refractivity contribution in [3.8, 4) is 0 Å². The van der Waals surface area contributed by atoms with E-state index in [0.717, 1.165) is 0 Å². The molecular weight excluding hydrogens is 226 g/mol. The number of hydrogen-bond donors (Lipinski definition) is 2. The predicted molar refractivity (Wildman–Crippen MR) is 56.4 cm³/mol. The monoisotopic (exact) mass is 235 g/mol. The maximum Gasteiger partial charge on any atom is 0.266 e. The van der Waals surface area contributed by atoms with E-state index in [9.17, 15) is 8.42 Å². The summed E-state index contributed by atoms with van der Waals surface area (Å²) in [5.41, 5.74) is 0.651. The summed E-state index contributed by atoms with van der Waals surface area (Å²) in [5, 5.41) is 3.31. The van der Waals surface area contributed by atoms with Crippen LogP contribution in [-0.4, -0.2) is 25.3 Å². The van der Waals surface area contributed by atoms with Crippen molar-refractivity contribution in [1.82, 2.24) is 0 Å². The summed E-state index contributed by atoms with van der Waals surface area (Å²) in [7, 11) is -3.91. The minimum absolute atomic E-state index is 0.128. The highest BCUT2D eigenvalue weighted by atomic mass is 35.5. The SMILES string of the molecule is O=S(=O)(O)CCNc1ccccc1Cl. The van der Waals surface area contributed by atoms with E-state index in [1.165, 1.54) is 0 Å². The Balaban J connectivity index is 2.51. The molecule has 0 unspecified atom stereocenters. The van der Waals surface area contributed by atoms with E-state index in [0.29, 0.717) is 10.7 Å². The second-order valence-electron chi connectivity index (χ2n) is 2.69. The molecule has 0 bridgehead atoms. The molecule has 1 aromatic carbocycles. The van der Waals surface area contributed by atoms with Crippen LogP contribution in [-0.2, 0) is 10.1 Å². The Bertz CT molecular complexity index is 405. The van der Waals surface area contributed by atoms with Crippen LogP contribution < -0.4 is 5.32 Å². The van der Waals surface area contributed by atoms with Crippen molar-refractivity contribution in [2.24, 2.45) is 0 Å². The van der Waals surface area contributed by atoms with E-state index in [-0.39, 0.29) is 12.3 Å². The maximum absolute atomic E-state index is 10.4. The van der Waals surface area contributed by atoms with E-state index in [2.05, 4.69) is 5.32 Å². The number of halogens is 1. The molecule has 0 spiro atoms. The van der Waals surface area contributed by atoms with Crippen molar-refractivity contribution < 1.29 is 13.0 Å². The molecule has 0 saturated carbocycles. The molecule has 0 aliphatic heterocycles. The molecule has 14 heavy (non-hydrogen) atoms. The highest BCUT2D eigenvalue weighted by molar-refractivity contribution is 7.85. The minimum atomic E-state index is -3.91. The zero-order chi connectivity index (χ0) is 10.6. The van der Waals surface area contributed by atoms with E-state index < -0.39 is 10.1 Å². The molecule has 2 N–H and O–H groups in total. The maximum atomic E-state index is 10.4. The first-order chi connectivity index (χ1) is 6.49. The normalized spacial score (nSPS) is 11.3. The first-order valence-electron chi connectivity index (χ1n) is 3.92. The fourth-order valence-electron chi connectivity index (χ4n) is 0.919. The van der Waals surface area contributed by atoms with Crippen LogP contribution in [0.3, 0.4) is 0 Å². The molecule has 0 amide bonds. The topological polar surface area (TPSA) is 66.4 Å². The lowest BCUT2D eigenvalue weighted by Crippen LogP contribution is -2.14. The summed E-state index contributed by atoms with van der Waals surface area (Å²) in [6.45, 7) is 0.128. The van der Waals surface area contributed by atoms with Gasteiger partial charge in [0.25, 0.3) is 10.1 Å². The largest absolute Gasteiger partial charge is 0.383 e. The third kappa shape index (κ3) is 3.95. The molecule has 6 heteroatoms. The van der Waals surface area contributed by atoms with Gasteiger partial charge < -0.3 is 5.32 Å². The number of nitrogens with one attached hydrogen (secondary N) is 1. The molecule has 0 saturated heterocycles. The van der Waals surface area contributed by atoms with Gasteiger partial charge in [-0.3, -0.25) is 4.55 Å². The third-order valence-electron chi connectivity index (χ3n) is 1.55. The zero-order valence-electron chi connectivity index (χ0n) is 7.27. The quantitative estimate of drug-likeness (QED) is 0.779. The van der Waals surface area contributed by atoms with Gasteiger partial charge in [0.15, 0.2) is 0 Å². The van der Waals surface area contributed by atoms with Gasteiger partial charge in [-0.1, -0.05) is 23.7 Å². The van der Waals surface area contributed by atoms with Crippen LogP contribution >= 0.6 is 11.6 Å². The number of rotatable bonds is 4. The van der Waals surface area contributed by atoms with E-state index in [1.807, 2.05) is 0 Å².